The molecule has 1 aromatic heterocycles. The number of aromatic nitrogens is 2. The number of hydrogen-bond acceptors (Lipinski definition) is 7. The van der Waals surface area contributed by atoms with Gasteiger partial charge < -0.3 is 4.74 Å². The Labute approximate surface area is 126 Å². The number of thioether (sulfide) groups is 1. The number of carbonyl (C=O) groups excluding carboxylic acids is 3. The second-order valence-electron chi connectivity index (χ2n) is 4.69. The minimum absolute atomic E-state index is 0.0530. The van der Waals surface area contributed by atoms with Crippen LogP contribution in [0.3, 0.4) is 0 Å². The fraction of sp³-hybridized carbons (Fsp3) is 0.500. The maximum atomic E-state index is 11.7. The van der Waals surface area contributed by atoms with E-state index in [1.807, 2.05) is 0 Å². The second kappa shape index (κ2) is 7.31. The molecule has 21 heavy (non-hydrogen) atoms. The smallest absolute Gasteiger partial charge is 0.305 e. The molecule has 6 nitrogen and oxygen atoms in total. The van der Waals surface area contributed by atoms with E-state index in [0.717, 1.165) is 18.5 Å². The third-order valence-corrected chi connectivity index (χ3v) is 4.08. The van der Waals surface area contributed by atoms with Crippen molar-refractivity contribution in [3.05, 3.63) is 17.5 Å². The third kappa shape index (κ3) is 4.35. The molecule has 0 unspecified atom stereocenters. The summed E-state index contributed by atoms with van der Waals surface area (Å²) in [5, 5.41) is 0.495. The molecule has 112 valence electrons. The molecular weight excluding hydrogens is 292 g/mol. The quantitative estimate of drug-likeness (QED) is 0.448. The lowest BCUT2D eigenvalue weighted by atomic mass is 9.96. The van der Waals surface area contributed by atoms with Crippen molar-refractivity contribution in [3.8, 4) is 0 Å². The highest BCUT2D eigenvalue weighted by Crippen LogP contribution is 2.22. The number of hydrogen-bond donors (Lipinski definition) is 0. The van der Waals surface area contributed by atoms with Crippen molar-refractivity contribution in [2.24, 2.45) is 0 Å². The van der Waals surface area contributed by atoms with Crippen LogP contribution < -0.4 is 0 Å². The number of esters is 1. The van der Waals surface area contributed by atoms with Crippen LogP contribution in [-0.4, -0.2) is 40.4 Å². The number of fused-ring (bicyclic) bond motifs is 1. The molecule has 0 aromatic carbocycles. The van der Waals surface area contributed by atoms with Gasteiger partial charge in [0, 0.05) is 19.0 Å². The molecule has 1 aliphatic carbocycles. The topological polar surface area (TPSA) is 86.2 Å². The minimum atomic E-state index is -0.392. The van der Waals surface area contributed by atoms with E-state index in [4.69, 9.17) is 0 Å². The molecule has 0 N–H and O–H groups in total. The van der Waals surface area contributed by atoms with Gasteiger partial charge in [-0.3, -0.25) is 14.4 Å². The number of ether oxygens (including phenoxy) is 1. The first kappa shape index (κ1) is 15.6. The molecule has 0 saturated carbocycles. The third-order valence-electron chi connectivity index (χ3n) is 3.16. The maximum Gasteiger partial charge on any atom is 0.305 e. The first-order valence-corrected chi connectivity index (χ1v) is 7.69. The zero-order valence-corrected chi connectivity index (χ0v) is 12.6. The van der Waals surface area contributed by atoms with Crippen LogP contribution in [-0.2, 0) is 20.7 Å². The summed E-state index contributed by atoms with van der Waals surface area (Å²) in [5.41, 5.74) is 1.37. The van der Waals surface area contributed by atoms with Gasteiger partial charge in [-0.2, -0.15) is 0 Å². The lowest BCUT2D eigenvalue weighted by Crippen LogP contribution is -2.14. The van der Waals surface area contributed by atoms with Gasteiger partial charge in [0.1, 0.15) is 5.78 Å². The van der Waals surface area contributed by atoms with Gasteiger partial charge in [-0.25, -0.2) is 9.97 Å². The first-order valence-electron chi connectivity index (χ1n) is 6.70. The number of rotatable bonds is 6. The van der Waals surface area contributed by atoms with E-state index < -0.39 is 5.97 Å². The van der Waals surface area contributed by atoms with E-state index in [2.05, 4.69) is 14.7 Å². The summed E-state index contributed by atoms with van der Waals surface area (Å²) < 4.78 is 4.48. The van der Waals surface area contributed by atoms with Gasteiger partial charge in [0.2, 0.25) is 0 Å². The summed E-state index contributed by atoms with van der Waals surface area (Å²) >= 11 is 1.23. The van der Waals surface area contributed by atoms with Crippen LogP contribution in [0.5, 0.6) is 0 Å². The molecule has 0 atom stereocenters. The van der Waals surface area contributed by atoms with Crippen molar-refractivity contribution < 1.29 is 19.1 Å². The standard InChI is InChI=1S/C14H16N2O4S/c1-20-13(19)6-5-9(17)8-21-14-15-7-10-11(16-14)3-2-4-12(10)18/h7H,2-6,8H2,1H3. The van der Waals surface area contributed by atoms with Crippen molar-refractivity contribution in [2.75, 3.05) is 12.9 Å². The van der Waals surface area contributed by atoms with Crippen LogP contribution in [0.15, 0.2) is 11.4 Å². The molecule has 0 aliphatic heterocycles. The summed E-state index contributed by atoms with van der Waals surface area (Å²) in [6.07, 6.45) is 3.93. The number of aryl methyl sites for hydroxylation is 1. The van der Waals surface area contributed by atoms with Crippen molar-refractivity contribution in [2.45, 2.75) is 37.3 Å². The summed E-state index contributed by atoms with van der Waals surface area (Å²) in [6.45, 7) is 0. The Morgan fingerprint density at radius 1 is 1.33 bits per heavy atom. The Balaban J connectivity index is 1.88. The Kier molecular flexibility index (Phi) is 5.44. The van der Waals surface area contributed by atoms with Crippen molar-refractivity contribution >= 4 is 29.3 Å². The zero-order valence-electron chi connectivity index (χ0n) is 11.8. The highest BCUT2D eigenvalue weighted by atomic mass is 32.2. The van der Waals surface area contributed by atoms with Crippen molar-refractivity contribution in [1.82, 2.24) is 9.97 Å². The van der Waals surface area contributed by atoms with Crippen LogP contribution in [0.25, 0.3) is 0 Å². The van der Waals surface area contributed by atoms with E-state index in [1.54, 1.807) is 6.20 Å². The summed E-state index contributed by atoms with van der Waals surface area (Å²) in [6, 6.07) is 0. The molecule has 1 aliphatic rings. The number of ketones is 2. The molecular formula is C14H16N2O4S. The fourth-order valence-electron chi connectivity index (χ4n) is 2.00. The number of nitrogens with zero attached hydrogens (tertiary/aromatic N) is 2. The van der Waals surface area contributed by atoms with E-state index in [-0.39, 0.29) is 30.2 Å². The van der Waals surface area contributed by atoms with Crippen molar-refractivity contribution in [3.63, 3.8) is 0 Å². The molecule has 0 amide bonds. The summed E-state index contributed by atoms with van der Waals surface area (Å²) in [7, 11) is 1.30. The predicted octanol–water partition coefficient (Wildman–Crippen LogP) is 1.61. The molecule has 1 heterocycles. The SMILES string of the molecule is COC(=O)CCC(=O)CSc1ncc2c(n1)CCCC2=O. The van der Waals surface area contributed by atoms with E-state index in [1.165, 1.54) is 18.9 Å². The average Bonchev–Trinajstić information content (AvgIpc) is 2.50. The van der Waals surface area contributed by atoms with Gasteiger partial charge in [-0.05, 0) is 12.8 Å². The molecule has 0 saturated heterocycles. The van der Waals surface area contributed by atoms with Gasteiger partial charge >= 0.3 is 5.97 Å². The van der Waals surface area contributed by atoms with Crippen molar-refractivity contribution in [1.29, 1.82) is 0 Å². The zero-order chi connectivity index (χ0) is 15.2. The average molecular weight is 308 g/mol. The highest BCUT2D eigenvalue weighted by molar-refractivity contribution is 7.99. The van der Waals surface area contributed by atoms with Crippen LogP contribution in [0.4, 0.5) is 0 Å². The summed E-state index contributed by atoms with van der Waals surface area (Å²) in [5.74, 6) is -0.148. The normalized spacial score (nSPS) is 13.7. The van der Waals surface area contributed by atoms with Gasteiger partial charge in [-0.15, -0.1) is 0 Å². The lowest BCUT2D eigenvalue weighted by molar-refractivity contribution is -0.141. The lowest BCUT2D eigenvalue weighted by Gasteiger charge is -2.13. The van der Waals surface area contributed by atoms with Crippen LogP contribution in [0.2, 0.25) is 0 Å². The van der Waals surface area contributed by atoms with Crippen LogP contribution in [0.1, 0.15) is 41.7 Å². The Hall–Kier alpha value is -1.76. The van der Waals surface area contributed by atoms with E-state index in [9.17, 15) is 14.4 Å². The molecule has 0 bridgehead atoms. The Morgan fingerprint density at radius 3 is 2.90 bits per heavy atom. The number of carbonyl (C=O) groups is 3. The van der Waals surface area contributed by atoms with E-state index in [0.29, 0.717) is 17.1 Å². The minimum Gasteiger partial charge on any atom is -0.469 e. The van der Waals surface area contributed by atoms with E-state index >= 15 is 0 Å². The first-order chi connectivity index (χ1) is 10.1. The van der Waals surface area contributed by atoms with Gasteiger partial charge in [-0.1, -0.05) is 11.8 Å². The Bertz CT molecular complexity index is 574. The molecule has 1 aromatic rings. The van der Waals surface area contributed by atoms with Crippen LogP contribution in [0, 0.1) is 0 Å². The van der Waals surface area contributed by atoms with Crippen LogP contribution >= 0.6 is 11.8 Å². The van der Waals surface area contributed by atoms with Gasteiger partial charge in [0.15, 0.2) is 10.9 Å². The maximum absolute atomic E-state index is 11.7. The predicted molar refractivity (Wildman–Crippen MR) is 76.3 cm³/mol. The number of methoxy groups -OCH3 is 1. The Morgan fingerprint density at radius 2 is 2.14 bits per heavy atom. The largest absolute Gasteiger partial charge is 0.469 e. The number of Topliss-reactive ketones (excluding diaryl/α,β-unsaturated/α-hetero) is 2. The molecule has 0 fully saturated rings. The highest BCUT2D eigenvalue weighted by Gasteiger charge is 2.19. The van der Waals surface area contributed by atoms with Gasteiger partial charge in [0.05, 0.1) is 30.5 Å². The second-order valence-corrected chi connectivity index (χ2v) is 5.64. The summed E-state index contributed by atoms with van der Waals surface area (Å²) in [4.78, 5) is 42.7. The van der Waals surface area contributed by atoms with Gasteiger partial charge in [0.25, 0.3) is 0 Å². The molecule has 7 heteroatoms. The molecule has 0 spiro atoms. The molecule has 0 radical (unpaired) electrons. The fourth-order valence-corrected chi connectivity index (χ4v) is 2.74. The monoisotopic (exact) mass is 308 g/mol. The molecule has 2 rings (SSSR count).